The largest absolute Gasteiger partial charge is 0.494 e. The zero-order valence-corrected chi connectivity index (χ0v) is 9.63. The van der Waals surface area contributed by atoms with Gasteiger partial charge in [-0.05, 0) is 15.9 Å². The highest BCUT2D eigenvalue weighted by atomic mass is 79.9. The summed E-state index contributed by atoms with van der Waals surface area (Å²) in [6.45, 7) is 0.948. The van der Waals surface area contributed by atoms with Gasteiger partial charge in [0, 0.05) is 6.07 Å². The first-order valence-electron chi connectivity index (χ1n) is 4.34. The molecule has 15 heavy (non-hydrogen) atoms. The van der Waals surface area contributed by atoms with Crippen molar-refractivity contribution in [3.63, 3.8) is 0 Å². The minimum atomic E-state index is 0.363. The molecule has 0 spiro atoms. The molecule has 0 radical (unpaired) electrons. The van der Waals surface area contributed by atoms with Crippen molar-refractivity contribution in [3.05, 3.63) is 16.1 Å². The quantitative estimate of drug-likeness (QED) is 0.784. The summed E-state index contributed by atoms with van der Waals surface area (Å²) in [5, 5.41) is 9.04. The molecule has 0 aromatic heterocycles. The number of ether oxygens (including phenoxy) is 3. The molecule has 1 aliphatic heterocycles. The molecule has 0 fully saturated rings. The number of halogens is 1. The number of hydrogen-bond acceptors (Lipinski definition) is 4. The Labute approximate surface area is 95.5 Å². The number of nitriles is 1. The maximum atomic E-state index is 9.04. The third kappa shape index (κ3) is 1.61. The van der Waals surface area contributed by atoms with E-state index in [4.69, 9.17) is 19.5 Å². The lowest BCUT2D eigenvalue weighted by Crippen LogP contribution is -2.16. The molecule has 0 bridgehead atoms. The topological polar surface area (TPSA) is 51.5 Å². The Morgan fingerprint density at radius 3 is 2.87 bits per heavy atom. The van der Waals surface area contributed by atoms with Gasteiger partial charge in [0.1, 0.15) is 24.8 Å². The maximum absolute atomic E-state index is 9.04. The molecule has 1 aromatic rings. The molecule has 1 aromatic carbocycles. The van der Waals surface area contributed by atoms with E-state index in [1.807, 2.05) is 0 Å². The molecule has 0 N–H and O–H groups in total. The normalized spacial score (nSPS) is 13.1. The van der Waals surface area contributed by atoms with Crippen LogP contribution >= 0.6 is 15.9 Å². The summed E-state index contributed by atoms with van der Waals surface area (Å²) in [6.07, 6.45) is 0. The lowest BCUT2D eigenvalue weighted by atomic mass is 10.1. The summed E-state index contributed by atoms with van der Waals surface area (Å²) in [7, 11) is 1.51. The fraction of sp³-hybridized carbons (Fsp3) is 0.300. The van der Waals surface area contributed by atoms with Crippen molar-refractivity contribution in [1.29, 1.82) is 5.26 Å². The first-order chi connectivity index (χ1) is 7.27. The standard InChI is InChI=1S/C10H8BrNO3/c1-13-9-6(5-12)10-8(4-7(9)11)14-2-3-15-10/h4H,2-3H2,1H3. The molecule has 0 amide bonds. The van der Waals surface area contributed by atoms with Gasteiger partial charge in [0.05, 0.1) is 11.6 Å². The van der Waals surface area contributed by atoms with Crippen molar-refractivity contribution in [2.24, 2.45) is 0 Å². The number of hydrogen-bond donors (Lipinski definition) is 0. The van der Waals surface area contributed by atoms with E-state index < -0.39 is 0 Å². The summed E-state index contributed by atoms with van der Waals surface area (Å²) >= 11 is 3.32. The third-order valence-electron chi connectivity index (χ3n) is 2.06. The average molecular weight is 270 g/mol. The van der Waals surface area contributed by atoms with Crippen molar-refractivity contribution in [2.75, 3.05) is 20.3 Å². The molecule has 5 heteroatoms. The number of nitrogens with zero attached hydrogens (tertiary/aromatic N) is 1. The molecule has 0 saturated carbocycles. The van der Waals surface area contributed by atoms with Gasteiger partial charge in [0.2, 0.25) is 0 Å². The predicted octanol–water partition coefficient (Wildman–Crippen LogP) is 2.10. The van der Waals surface area contributed by atoms with Gasteiger partial charge in [-0.25, -0.2) is 0 Å². The summed E-state index contributed by atoms with van der Waals surface area (Å²) in [5.74, 6) is 1.51. The fourth-order valence-electron chi connectivity index (χ4n) is 1.44. The van der Waals surface area contributed by atoms with E-state index in [2.05, 4.69) is 22.0 Å². The maximum Gasteiger partial charge on any atom is 0.182 e. The van der Waals surface area contributed by atoms with Crippen molar-refractivity contribution < 1.29 is 14.2 Å². The minimum Gasteiger partial charge on any atom is -0.494 e. The molecule has 1 aliphatic rings. The van der Waals surface area contributed by atoms with E-state index in [0.717, 1.165) is 0 Å². The number of fused-ring (bicyclic) bond motifs is 1. The smallest absolute Gasteiger partial charge is 0.182 e. The monoisotopic (exact) mass is 269 g/mol. The average Bonchev–Trinajstić information content (AvgIpc) is 2.27. The molecule has 0 unspecified atom stereocenters. The molecule has 0 aliphatic carbocycles. The summed E-state index contributed by atoms with van der Waals surface area (Å²) in [5.41, 5.74) is 0.363. The lowest BCUT2D eigenvalue weighted by molar-refractivity contribution is 0.170. The van der Waals surface area contributed by atoms with Crippen LogP contribution in [0.4, 0.5) is 0 Å². The van der Waals surface area contributed by atoms with Crippen LogP contribution in [0.1, 0.15) is 5.56 Å². The zero-order chi connectivity index (χ0) is 10.8. The van der Waals surface area contributed by atoms with Crippen LogP contribution in [0.2, 0.25) is 0 Å². The summed E-state index contributed by atoms with van der Waals surface area (Å²) < 4.78 is 16.6. The molecule has 2 rings (SSSR count). The highest BCUT2D eigenvalue weighted by Crippen LogP contribution is 2.43. The van der Waals surface area contributed by atoms with Gasteiger partial charge in [-0.3, -0.25) is 0 Å². The van der Waals surface area contributed by atoms with Crippen molar-refractivity contribution in [1.82, 2.24) is 0 Å². The minimum absolute atomic E-state index is 0.363. The predicted molar refractivity (Wildman–Crippen MR) is 56.4 cm³/mol. The summed E-state index contributed by atoms with van der Waals surface area (Å²) in [4.78, 5) is 0. The molecule has 0 atom stereocenters. The van der Waals surface area contributed by atoms with Gasteiger partial charge in [0.25, 0.3) is 0 Å². The van der Waals surface area contributed by atoms with Gasteiger partial charge < -0.3 is 14.2 Å². The third-order valence-corrected chi connectivity index (χ3v) is 2.64. The second kappa shape index (κ2) is 3.99. The van der Waals surface area contributed by atoms with E-state index in [1.165, 1.54) is 7.11 Å². The van der Waals surface area contributed by atoms with E-state index in [0.29, 0.717) is 40.5 Å². The van der Waals surface area contributed by atoms with Crippen LogP contribution in [0.25, 0.3) is 0 Å². The Kier molecular flexibility index (Phi) is 2.69. The molecule has 78 valence electrons. The SMILES string of the molecule is COc1c(Br)cc2c(c1C#N)OCCO2. The highest BCUT2D eigenvalue weighted by molar-refractivity contribution is 9.10. The van der Waals surface area contributed by atoms with Crippen molar-refractivity contribution in [3.8, 4) is 23.3 Å². The Morgan fingerprint density at radius 2 is 2.20 bits per heavy atom. The lowest BCUT2D eigenvalue weighted by Gasteiger charge is -2.21. The summed E-state index contributed by atoms with van der Waals surface area (Å²) in [6, 6.07) is 3.80. The molecule has 1 heterocycles. The van der Waals surface area contributed by atoms with Crippen LogP contribution < -0.4 is 14.2 Å². The Morgan fingerprint density at radius 1 is 1.47 bits per heavy atom. The van der Waals surface area contributed by atoms with Gasteiger partial charge in [-0.1, -0.05) is 0 Å². The van der Waals surface area contributed by atoms with Gasteiger partial charge in [0.15, 0.2) is 17.2 Å². The van der Waals surface area contributed by atoms with Crippen molar-refractivity contribution >= 4 is 15.9 Å². The van der Waals surface area contributed by atoms with Crippen LogP contribution in [-0.4, -0.2) is 20.3 Å². The number of methoxy groups -OCH3 is 1. The molecule has 4 nitrogen and oxygen atoms in total. The van der Waals surface area contributed by atoms with Gasteiger partial charge in [-0.15, -0.1) is 0 Å². The van der Waals surface area contributed by atoms with E-state index in [1.54, 1.807) is 6.07 Å². The van der Waals surface area contributed by atoms with Crippen LogP contribution in [0.15, 0.2) is 10.5 Å². The zero-order valence-electron chi connectivity index (χ0n) is 8.04. The van der Waals surface area contributed by atoms with Crippen LogP contribution in [0.5, 0.6) is 17.2 Å². The second-order valence-electron chi connectivity index (χ2n) is 2.90. The van der Waals surface area contributed by atoms with Crippen LogP contribution in [0, 0.1) is 11.3 Å². The Bertz CT molecular complexity index is 439. The molecule has 0 saturated heterocycles. The van der Waals surface area contributed by atoms with Gasteiger partial charge in [-0.2, -0.15) is 5.26 Å². The van der Waals surface area contributed by atoms with Gasteiger partial charge >= 0.3 is 0 Å². The molecular formula is C10H8BrNO3. The number of benzene rings is 1. The first kappa shape index (κ1) is 10.1. The highest BCUT2D eigenvalue weighted by Gasteiger charge is 2.22. The van der Waals surface area contributed by atoms with Crippen LogP contribution in [-0.2, 0) is 0 Å². The first-order valence-corrected chi connectivity index (χ1v) is 5.13. The van der Waals surface area contributed by atoms with E-state index >= 15 is 0 Å². The Balaban J connectivity index is 2.66. The van der Waals surface area contributed by atoms with E-state index in [9.17, 15) is 0 Å². The second-order valence-corrected chi connectivity index (χ2v) is 3.76. The number of rotatable bonds is 1. The van der Waals surface area contributed by atoms with Crippen molar-refractivity contribution in [2.45, 2.75) is 0 Å². The Hall–Kier alpha value is -1.41. The van der Waals surface area contributed by atoms with E-state index in [-0.39, 0.29) is 0 Å². The fourth-order valence-corrected chi connectivity index (χ4v) is 2.01. The molecular weight excluding hydrogens is 262 g/mol. The van der Waals surface area contributed by atoms with Crippen LogP contribution in [0.3, 0.4) is 0 Å².